The van der Waals surface area contributed by atoms with Crippen LogP contribution in [0.3, 0.4) is 0 Å². The van der Waals surface area contributed by atoms with Gasteiger partial charge in [-0.1, -0.05) is 6.07 Å². The fourth-order valence-corrected chi connectivity index (χ4v) is 3.02. The molecular formula is C12H16N2OS2. The van der Waals surface area contributed by atoms with E-state index in [9.17, 15) is 4.79 Å². The molecule has 0 saturated carbocycles. The largest absolute Gasteiger partial charge is 0.346 e. The smallest absolute Gasteiger partial charge is 0.267 e. The normalized spacial score (nSPS) is 20.1. The fourth-order valence-electron chi connectivity index (χ4n) is 2.04. The number of thiocarbonyl (C=S) groups is 1. The summed E-state index contributed by atoms with van der Waals surface area (Å²) in [6.07, 6.45) is 3.55. The minimum absolute atomic E-state index is 0.0947. The van der Waals surface area contributed by atoms with E-state index in [2.05, 4.69) is 17.1 Å². The molecule has 0 spiro atoms. The number of hydrogen-bond acceptors (Lipinski definition) is 3. The monoisotopic (exact) mass is 268 g/mol. The van der Waals surface area contributed by atoms with Gasteiger partial charge in [0.15, 0.2) is 5.11 Å². The molecule has 1 aliphatic heterocycles. The molecule has 1 aliphatic rings. The summed E-state index contributed by atoms with van der Waals surface area (Å²) in [5.74, 6) is -0.0947. The summed E-state index contributed by atoms with van der Waals surface area (Å²) >= 11 is 6.73. The molecule has 1 saturated heterocycles. The average molecular weight is 268 g/mol. The molecule has 0 bridgehead atoms. The highest BCUT2D eigenvalue weighted by Gasteiger charge is 2.22. The first-order valence-electron chi connectivity index (χ1n) is 5.84. The number of nitrogens with one attached hydrogen (secondary N) is 1. The summed E-state index contributed by atoms with van der Waals surface area (Å²) in [5, 5.41) is 5.27. The molecule has 1 amide bonds. The Morgan fingerprint density at radius 2 is 2.41 bits per heavy atom. The average Bonchev–Trinajstić information content (AvgIpc) is 2.82. The van der Waals surface area contributed by atoms with Crippen molar-refractivity contribution in [3.05, 3.63) is 22.4 Å². The molecule has 92 valence electrons. The molecule has 0 aliphatic carbocycles. The second kappa shape index (κ2) is 5.60. The van der Waals surface area contributed by atoms with Crippen molar-refractivity contribution < 1.29 is 4.79 Å². The van der Waals surface area contributed by atoms with Crippen LogP contribution >= 0.6 is 23.6 Å². The van der Waals surface area contributed by atoms with Crippen molar-refractivity contribution in [2.75, 3.05) is 6.54 Å². The maximum Gasteiger partial charge on any atom is 0.267 e. The molecule has 17 heavy (non-hydrogen) atoms. The molecule has 0 unspecified atom stereocenters. The molecule has 1 fully saturated rings. The summed E-state index contributed by atoms with van der Waals surface area (Å²) in [4.78, 5) is 14.7. The summed E-state index contributed by atoms with van der Waals surface area (Å²) in [5.41, 5.74) is 0. The molecule has 0 aromatic carbocycles. The Morgan fingerprint density at radius 1 is 1.59 bits per heavy atom. The van der Waals surface area contributed by atoms with E-state index in [0.717, 1.165) is 19.4 Å². The first-order valence-corrected chi connectivity index (χ1v) is 7.12. The van der Waals surface area contributed by atoms with Gasteiger partial charge < -0.3 is 4.90 Å². The number of amides is 1. The van der Waals surface area contributed by atoms with E-state index in [4.69, 9.17) is 12.2 Å². The Hall–Kier alpha value is -0.940. The topological polar surface area (TPSA) is 32.3 Å². The number of likely N-dealkylation sites (tertiary alicyclic amines) is 1. The molecule has 0 radical (unpaired) electrons. The third-order valence-electron chi connectivity index (χ3n) is 3.03. The van der Waals surface area contributed by atoms with E-state index in [0.29, 0.717) is 16.0 Å². The Labute approximate surface area is 111 Å². The predicted octanol–water partition coefficient (Wildman–Crippen LogP) is 2.64. The summed E-state index contributed by atoms with van der Waals surface area (Å²) in [6, 6.07) is 4.11. The van der Waals surface area contributed by atoms with Crippen LogP contribution < -0.4 is 5.32 Å². The number of piperidine rings is 1. The Balaban J connectivity index is 1.94. The molecule has 1 aromatic rings. The van der Waals surface area contributed by atoms with Crippen molar-refractivity contribution in [3.8, 4) is 0 Å². The van der Waals surface area contributed by atoms with Crippen molar-refractivity contribution >= 4 is 34.6 Å². The zero-order valence-electron chi connectivity index (χ0n) is 9.81. The van der Waals surface area contributed by atoms with Gasteiger partial charge in [0, 0.05) is 12.6 Å². The number of carbonyl (C=O) groups excluding carboxylic acids is 1. The first-order chi connectivity index (χ1) is 8.18. The van der Waals surface area contributed by atoms with Gasteiger partial charge in [0.1, 0.15) is 0 Å². The van der Waals surface area contributed by atoms with E-state index in [-0.39, 0.29) is 5.91 Å². The van der Waals surface area contributed by atoms with Gasteiger partial charge in [-0.3, -0.25) is 10.1 Å². The second-order valence-corrected chi connectivity index (χ2v) is 5.61. The maximum absolute atomic E-state index is 11.9. The van der Waals surface area contributed by atoms with Crippen LogP contribution in [0.15, 0.2) is 17.5 Å². The van der Waals surface area contributed by atoms with Crippen molar-refractivity contribution in [3.63, 3.8) is 0 Å². The number of rotatable bonds is 1. The molecule has 2 rings (SSSR count). The zero-order chi connectivity index (χ0) is 12.3. The minimum atomic E-state index is -0.0947. The zero-order valence-corrected chi connectivity index (χ0v) is 11.4. The number of carbonyl (C=O) groups is 1. The van der Waals surface area contributed by atoms with Crippen molar-refractivity contribution in [2.45, 2.75) is 32.2 Å². The van der Waals surface area contributed by atoms with Gasteiger partial charge in [-0.15, -0.1) is 11.3 Å². The summed E-state index contributed by atoms with van der Waals surface area (Å²) in [6.45, 7) is 3.10. The number of hydrogen-bond donors (Lipinski definition) is 1. The molecule has 1 aromatic heterocycles. The van der Waals surface area contributed by atoms with Gasteiger partial charge in [0.05, 0.1) is 4.88 Å². The Morgan fingerprint density at radius 3 is 3.06 bits per heavy atom. The van der Waals surface area contributed by atoms with Crippen LogP contribution in [0.25, 0.3) is 0 Å². The van der Waals surface area contributed by atoms with E-state index in [1.807, 2.05) is 17.5 Å². The Bertz CT molecular complexity index is 403. The lowest BCUT2D eigenvalue weighted by Gasteiger charge is -2.35. The van der Waals surface area contributed by atoms with Gasteiger partial charge in [-0.25, -0.2) is 0 Å². The van der Waals surface area contributed by atoms with E-state index in [1.165, 1.54) is 17.8 Å². The molecule has 1 N–H and O–H groups in total. The van der Waals surface area contributed by atoms with Crippen LogP contribution in [0.2, 0.25) is 0 Å². The summed E-state index contributed by atoms with van der Waals surface area (Å²) in [7, 11) is 0. The maximum atomic E-state index is 11.9. The van der Waals surface area contributed by atoms with E-state index >= 15 is 0 Å². The lowest BCUT2D eigenvalue weighted by Crippen LogP contribution is -2.48. The predicted molar refractivity (Wildman–Crippen MR) is 74.4 cm³/mol. The van der Waals surface area contributed by atoms with Crippen molar-refractivity contribution in [1.29, 1.82) is 0 Å². The van der Waals surface area contributed by atoms with Gasteiger partial charge in [-0.2, -0.15) is 0 Å². The number of thiophene rings is 1. The number of nitrogens with zero attached hydrogens (tertiary/aromatic N) is 1. The van der Waals surface area contributed by atoms with E-state index in [1.54, 1.807) is 0 Å². The minimum Gasteiger partial charge on any atom is -0.346 e. The van der Waals surface area contributed by atoms with Gasteiger partial charge in [0.25, 0.3) is 5.91 Å². The van der Waals surface area contributed by atoms with Crippen LogP contribution in [-0.4, -0.2) is 28.5 Å². The van der Waals surface area contributed by atoms with Crippen molar-refractivity contribution in [1.82, 2.24) is 10.2 Å². The lowest BCUT2D eigenvalue weighted by molar-refractivity contribution is 0.0974. The van der Waals surface area contributed by atoms with Crippen LogP contribution in [0.4, 0.5) is 0 Å². The molecule has 5 heteroatoms. The van der Waals surface area contributed by atoms with Crippen LogP contribution in [-0.2, 0) is 0 Å². The van der Waals surface area contributed by atoms with Gasteiger partial charge in [-0.05, 0) is 49.9 Å². The third kappa shape index (κ3) is 3.04. The van der Waals surface area contributed by atoms with E-state index < -0.39 is 0 Å². The standard InChI is InChI=1S/C12H16N2OS2/c1-9-5-2-3-7-14(9)12(16)13-11(15)10-6-4-8-17-10/h4,6,8-9H,2-3,5,7H2,1H3,(H,13,15,16)/t9-/m0/s1. The highest BCUT2D eigenvalue weighted by Crippen LogP contribution is 2.16. The van der Waals surface area contributed by atoms with Crippen LogP contribution in [0.5, 0.6) is 0 Å². The lowest BCUT2D eigenvalue weighted by atomic mass is 10.0. The first kappa shape index (κ1) is 12.5. The second-order valence-electron chi connectivity index (χ2n) is 4.27. The highest BCUT2D eigenvalue weighted by atomic mass is 32.1. The summed E-state index contributed by atoms with van der Waals surface area (Å²) < 4.78 is 0. The van der Waals surface area contributed by atoms with Gasteiger partial charge >= 0.3 is 0 Å². The SMILES string of the molecule is C[C@H]1CCCCN1C(=S)NC(=O)c1cccs1. The Kier molecular flexibility index (Phi) is 4.12. The molecule has 2 heterocycles. The van der Waals surface area contributed by atoms with Gasteiger partial charge in [0.2, 0.25) is 0 Å². The fraction of sp³-hybridized carbons (Fsp3) is 0.500. The quantitative estimate of drug-likeness (QED) is 0.795. The van der Waals surface area contributed by atoms with Crippen LogP contribution in [0.1, 0.15) is 35.9 Å². The molecule has 1 atom stereocenters. The van der Waals surface area contributed by atoms with Crippen molar-refractivity contribution in [2.24, 2.45) is 0 Å². The molecular weight excluding hydrogens is 252 g/mol. The van der Waals surface area contributed by atoms with Crippen LogP contribution in [0, 0.1) is 0 Å². The molecule has 3 nitrogen and oxygen atoms in total. The highest BCUT2D eigenvalue weighted by molar-refractivity contribution is 7.80. The third-order valence-corrected chi connectivity index (χ3v) is 4.23.